The Balaban J connectivity index is 2.73. The Kier molecular flexibility index (Phi) is 7.22. The fourth-order valence-electron chi connectivity index (χ4n) is 1.82. The standard InChI is InChI=1S/C15H23NO4/c1-4-19-15(20-5-2)12-8-6-11(7-9-12)13(16)10-14(17)18-3/h6-9,13,15H,4-5,10,16H2,1-3H3. The van der Waals surface area contributed by atoms with Gasteiger partial charge in [0.1, 0.15) is 0 Å². The molecule has 0 bridgehead atoms. The maximum absolute atomic E-state index is 11.2. The largest absolute Gasteiger partial charge is 0.469 e. The first kappa shape index (κ1) is 16.6. The van der Waals surface area contributed by atoms with Crippen LogP contribution in [0, 0.1) is 0 Å². The Hall–Kier alpha value is -1.43. The van der Waals surface area contributed by atoms with Crippen LogP contribution in [0.25, 0.3) is 0 Å². The maximum Gasteiger partial charge on any atom is 0.307 e. The quantitative estimate of drug-likeness (QED) is 0.585. The lowest BCUT2D eigenvalue weighted by Gasteiger charge is -2.18. The Labute approximate surface area is 120 Å². The summed E-state index contributed by atoms with van der Waals surface area (Å²) in [6, 6.07) is 7.21. The highest BCUT2D eigenvalue weighted by molar-refractivity contribution is 5.70. The molecule has 0 aromatic heterocycles. The third-order valence-electron chi connectivity index (χ3n) is 2.89. The number of nitrogens with two attached hydrogens (primary N) is 1. The Morgan fingerprint density at radius 2 is 1.60 bits per heavy atom. The minimum absolute atomic E-state index is 0.163. The van der Waals surface area contributed by atoms with Crippen LogP contribution in [0.5, 0.6) is 0 Å². The molecular formula is C15H23NO4. The van der Waals surface area contributed by atoms with E-state index in [1.807, 2.05) is 38.1 Å². The van der Waals surface area contributed by atoms with Gasteiger partial charge in [0.05, 0.1) is 13.5 Å². The predicted octanol–water partition coefficient (Wildman–Crippen LogP) is 2.32. The van der Waals surface area contributed by atoms with Crippen LogP contribution in [-0.4, -0.2) is 26.3 Å². The van der Waals surface area contributed by atoms with Gasteiger partial charge in [-0.3, -0.25) is 4.79 Å². The second kappa shape index (κ2) is 8.68. The van der Waals surface area contributed by atoms with Crippen molar-refractivity contribution in [3.05, 3.63) is 35.4 Å². The van der Waals surface area contributed by atoms with E-state index in [1.54, 1.807) is 0 Å². The summed E-state index contributed by atoms with van der Waals surface area (Å²) in [5.74, 6) is -0.317. The van der Waals surface area contributed by atoms with Gasteiger partial charge in [0, 0.05) is 24.8 Å². The van der Waals surface area contributed by atoms with Gasteiger partial charge in [-0.05, 0) is 19.4 Å². The molecule has 0 aliphatic rings. The van der Waals surface area contributed by atoms with Gasteiger partial charge in [-0.15, -0.1) is 0 Å². The monoisotopic (exact) mass is 281 g/mol. The minimum atomic E-state index is -0.367. The van der Waals surface area contributed by atoms with Crippen LogP contribution < -0.4 is 5.73 Å². The van der Waals surface area contributed by atoms with E-state index in [2.05, 4.69) is 4.74 Å². The van der Waals surface area contributed by atoms with Crippen LogP contribution in [0.4, 0.5) is 0 Å². The minimum Gasteiger partial charge on any atom is -0.469 e. The summed E-state index contributed by atoms with van der Waals surface area (Å²) in [4.78, 5) is 11.2. The molecule has 0 fully saturated rings. The van der Waals surface area contributed by atoms with E-state index in [0.717, 1.165) is 11.1 Å². The third-order valence-corrected chi connectivity index (χ3v) is 2.89. The predicted molar refractivity (Wildman–Crippen MR) is 76.0 cm³/mol. The molecule has 1 unspecified atom stereocenters. The van der Waals surface area contributed by atoms with Crippen molar-refractivity contribution in [1.82, 2.24) is 0 Å². The van der Waals surface area contributed by atoms with E-state index < -0.39 is 0 Å². The summed E-state index contributed by atoms with van der Waals surface area (Å²) >= 11 is 0. The van der Waals surface area contributed by atoms with Gasteiger partial charge in [0.25, 0.3) is 0 Å². The van der Waals surface area contributed by atoms with Gasteiger partial charge in [0.2, 0.25) is 0 Å². The lowest BCUT2D eigenvalue weighted by molar-refractivity contribution is -0.141. The molecule has 0 radical (unpaired) electrons. The van der Waals surface area contributed by atoms with Gasteiger partial charge in [0.15, 0.2) is 6.29 Å². The summed E-state index contributed by atoms with van der Waals surface area (Å²) < 4.78 is 15.7. The van der Waals surface area contributed by atoms with Gasteiger partial charge < -0.3 is 19.9 Å². The Morgan fingerprint density at radius 3 is 2.05 bits per heavy atom. The number of hydrogen-bond donors (Lipinski definition) is 1. The molecule has 1 rings (SSSR count). The molecule has 5 heteroatoms. The number of benzene rings is 1. The maximum atomic E-state index is 11.2. The van der Waals surface area contributed by atoms with Crippen molar-refractivity contribution in [2.45, 2.75) is 32.6 Å². The highest BCUT2D eigenvalue weighted by Gasteiger charge is 2.14. The lowest BCUT2D eigenvalue weighted by Crippen LogP contribution is -2.16. The van der Waals surface area contributed by atoms with Crippen molar-refractivity contribution in [2.75, 3.05) is 20.3 Å². The highest BCUT2D eigenvalue weighted by atomic mass is 16.7. The third kappa shape index (κ3) is 4.92. The van der Waals surface area contributed by atoms with Crippen molar-refractivity contribution in [3.63, 3.8) is 0 Å². The van der Waals surface area contributed by atoms with Crippen molar-refractivity contribution in [2.24, 2.45) is 5.73 Å². The highest BCUT2D eigenvalue weighted by Crippen LogP contribution is 2.22. The van der Waals surface area contributed by atoms with Crippen LogP contribution in [0.1, 0.15) is 43.7 Å². The molecule has 0 saturated carbocycles. The average molecular weight is 281 g/mol. The zero-order chi connectivity index (χ0) is 15.0. The Bertz CT molecular complexity index is 399. The van der Waals surface area contributed by atoms with E-state index in [-0.39, 0.29) is 24.7 Å². The van der Waals surface area contributed by atoms with Crippen LogP contribution >= 0.6 is 0 Å². The number of ether oxygens (including phenoxy) is 3. The van der Waals surface area contributed by atoms with E-state index in [0.29, 0.717) is 13.2 Å². The molecule has 1 aromatic rings. The van der Waals surface area contributed by atoms with Gasteiger partial charge in [-0.1, -0.05) is 24.3 Å². The zero-order valence-electron chi connectivity index (χ0n) is 12.3. The van der Waals surface area contributed by atoms with Crippen molar-refractivity contribution in [3.8, 4) is 0 Å². The summed E-state index contributed by atoms with van der Waals surface area (Å²) in [6.07, 6.45) is -0.202. The number of carbonyl (C=O) groups excluding carboxylic acids is 1. The molecule has 2 N–H and O–H groups in total. The van der Waals surface area contributed by atoms with E-state index in [9.17, 15) is 4.79 Å². The average Bonchev–Trinajstić information content (AvgIpc) is 2.47. The molecule has 0 aliphatic carbocycles. The summed E-state index contributed by atoms with van der Waals surface area (Å²) in [5, 5.41) is 0. The molecule has 20 heavy (non-hydrogen) atoms. The molecule has 112 valence electrons. The van der Waals surface area contributed by atoms with Crippen LogP contribution in [0.15, 0.2) is 24.3 Å². The van der Waals surface area contributed by atoms with Gasteiger partial charge in [-0.2, -0.15) is 0 Å². The van der Waals surface area contributed by atoms with E-state index in [1.165, 1.54) is 7.11 Å². The topological polar surface area (TPSA) is 70.8 Å². The number of methoxy groups -OCH3 is 1. The number of esters is 1. The van der Waals surface area contributed by atoms with Crippen molar-refractivity contribution in [1.29, 1.82) is 0 Å². The van der Waals surface area contributed by atoms with Crippen LogP contribution in [0.3, 0.4) is 0 Å². The second-order valence-electron chi connectivity index (χ2n) is 4.30. The lowest BCUT2D eigenvalue weighted by atomic mass is 10.0. The van der Waals surface area contributed by atoms with Crippen molar-refractivity contribution < 1.29 is 19.0 Å². The number of hydrogen-bond acceptors (Lipinski definition) is 5. The van der Waals surface area contributed by atoms with Crippen LogP contribution in [-0.2, 0) is 19.0 Å². The molecule has 1 aromatic carbocycles. The smallest absolute Gasteiger partial charge is 0.307 e. The Morgan fingerprint density at radius 1 is 1.10 bits per heavy atom. The molecule has 0 amide bonds. The van der Waals surface area contributed by atoms with E-state index in [4.69, 9.17) is 15.2 Å². The summed E-state index contributed by atoms with van der Waals surface area (Å²) in [7, 11) is 1.35. The molecule has 5 nitrogen and oxygen atoms in total. The molecule has 0 aliphatic heterocycles. The molecular weight excluding hydrogens is 258 g/mol. The zero-order valence-corrected chi connectivity index (χ0v) is 12.3. The first-order chi connectivity index (χ1) is 9.62. The molecule has 0 heterocycles. The molecule has 1 atom stereocenters. The first-order valence-corrected chi connectivity index (χ1v) is 6.77. The number of rotatable bonds is 8. The molecule has 0 saturated heterocycles. The summed E-state index contributed by atoms with van der Waals surface area (Å²) in [6.45, 7) is 5.00. The van der Waals surface area contributed by atoms with Gasteiger partial charge in [-0.25, -0.2) is 0 Å². The van der Waals surface area contributed by atoms with E-state index >= 15 is 0 Å². The number of carbonyl (C=O) groups is 1. The summed E-state index contributed by atoms with van der Waals surface area (Å²) in [5.41, 5.74) is 7.77. The van der Waals surface area contributed by atoms with Gasteiger partial charge >= 0.3 is 5.97 Å². The fraction of sp³-hybridized carbons (Fsp3) is 0.533. The fourth-order valence-corrected chi connectivity index (χ4v) is 1.82. The SMILES string of the molecule is CCOC(OCC)c1ccc(C(N)CC(=O)OC)cc1. The van der Waals surface area contributed by atoms with Crippen molar-refractivity contribution >= 4 is 5.97 Å². The second-order valence-corrected chi connectivity index (χ2v) is 4.30. The first-order valence-electron chi connectivity index (χ1n) is 6.77. The van der Waals surface area contributed by atoms with Crippen LogP contribution in [0.2, 0.25) is 0 Å². The molecule has 0 spiro atoms. The normalized spacial score (nSPS) is 12.4.